The first kappa shape index (κ1) is 22.1. The molecule has 0 bridgehead atoms. The second kappa shape index (κ2) is 8.82. The van der Waals surface area contributed by atoms with Gasteiger partial charge < -0.3 is 14.5 Å². The van der Waals surface area contributed by atoms with Crippen LogP contribution in [0.4, 0.5) is 17.1 Å². The number of carbonyl (C=O) groups excluding carboxylic acids is 1. The van der Waals surface area contributed by atoms with Crippen molar-refractivity contribution in [2.75, 3.05) is 12.4 Å². The van der Waals surface area contributed by atoms with Crippen LogP contribution in [0.5, 0.6) is 5.75 Å². The molecular weight excluding hydrogens is 446 g/mol. The molecule has 0 unspecified atom stereocenters. The van der Waals surface area contributed by atoms with Crippen LogP contribution in [0.15, 0.2) is 75.9 Å². The molecule has 170 valence electrons. The van der Waals surface area contributed by atoms with E-state index < -0.39 is 38.5 Å². The maximum Gasteiger partial charge on any atom is 0.344 e. The highest BCUT2D eigenvalue weighted by atomic mass is 16.6. The van der Waals surface area contributed by atoms with Crippen molar-refractivity contribution in [2.24, 2.45) is 0 Å². The van der Waals surface area contributed by atoms with Crippen molar-refractivity contribution in [1.82, 2.24) is 0 Å². The Labute approximate surface area is 190 Å². The van der Waals surface area contributed by atoms with Crippen LogP contribution in [0, 0.1) is 20.2 Å². The summed E-state index contributed by atoms with van der Waals surface area (Å²) < 4.78 is 10.2. The maximum atomic E-state index is 12.8. The van der Waals surface area contributed by atoms with E-state index in [1.165, 1.54) is 12.1 Å². The molecule has 3 aromatic carbocycles. The Balaban J connectivity index is 1.70. The number of fused-ring (bicyclic) bond motifs is 1. The summed E-state index contributed by atoms with van der Waals surface area (Å²) in [5.41, 5.74) is -0.900. The van der Waals surface area contributed by atoms with Gasteiger partial charge in [0.2, 0.25) is 0 Å². The third-order valence-corrected chi connectivity index (χ3v) is 4.98. The lowest BCUT2D eigenvalue weighted by molar-refractivity contribution is -0.395. The normalized spacial score (nSPS) is 10.6. The zero-order valence-electron chi connectivity index (χ0n) is 17.5. The van der Waals surface area contributed by atoms with Gasteiger partial charge in [0.25, 0.3) is 11.7 Å². The van der Waals surface area contributed by atoms with Gasteiger partial charge in [0.1, 0.15) is 5.58 Å². The Hall–Kier alpha value is -5.06. The van der Waals surface area contributed by atoms with E-state index in [1.807, 2.05) is 0 Å². The van der Waals surface area contributed by atoms with Crippen LogP contribution in [0.2, 0.25) is 0 Å². The molecule has 1 heterocycles. The van der Waals surface area contributed by atoms with E-state index in [4.69, 9.17) is 9.15 Å². The fourth-order valence-electron chi connectivity index (χ4n) is 3.45. The Morgan fingerprint density at radius 1 is 0.941 bits per heavy atom. The number of rotatable bonds is 6. The minimum Gasteiger partial charge on any atom is -0.485 e. The topological polar surface area (TPSA) is 155 Å². The van der Waals surface area contributed by atoms with Crippen LogP contribution >= 0.6 is 0 Å². The number of carbonyl (C=O) groups is 1. The molecule has 1 aromatic heterocycles. The van der Waals surface area contributed by atoms with Gasteiger partial charge >= 0.3 is 17.0 Å². The van der Waals surface area contributed by atoms with Gasteiger partial charge in [0.05, 0.1) is 28.2 Å². The minimum atomic E-state index is -0.846. The van der Waals surface area contributed by atoms with Gasteiger partial charge in [-0.05, 0) is 29.8 Å². The lowest BCUT2D eigenvalue weighted by atomic mass is 10.0. The molecule has 0 fully saturated rings. The fourth-order valence-corrected chi connectivity index (χ4v) is 3.45. The van der Waals surface area contributed by atoms with E-state index in [0.29, 0.717) is 16.5 Å². The Kier molecular flexibility index (Phi) is 5.75. The van der Waals surface area contributed by atoms with Gasteiger partial charge in [-0.15, -0.1) is 0 Å². The molecule has 11 nitrogen and oxygen atoms in total. The summed E-state index contributed by atoms with van der Waals surface area (Å²) >= 11 is 0. The van der Waals surface area contributed by atoms with Gasteiger partial charge in [0.15, 0.2) is 0 Å². The summed E-state index contributed by atoms with van der Waals surface area (Å²) in [5, 5.41) is 25.8. The monoisotopic (exact) mass is 461 g/mol. The van der Waals surface area contributed by atoms with Crippen molar-refractivity contribution >= 4 is 33.9 Å². The third kappa shape index (κ3) is 4.17. The number of ether oxygens (including phenoxy) is 1. The number of nitrogens with zero attached hydrogens (tertiary/aromatic N) is 2. The number of nitro benzene ring substituents is 2. The van der Waals surface area contributed by atoms with Crippen molar-refractivity contribution in [3.63, 3.8) is 0 Å². The Morgan fingerprint density at radius 3 is 2.26 bits per heavy atom. The van der Waals surface area contributed by atoms with Crippen molar-refractivity contribution < 1.29 is 23.8 Å². The van der Waals surface area contributed by atoms with Gasteiger partial charge in [-0.25, -0.2) is 4.79 Å². The fraction of sp³-hybridized carbons (Fsp3) is 0.0435. The molecule has 1 N–H and O–H groups in total. The second-order valence-corrected chi connectivity index (χ2v) is 7.08. The van der Waals surface area contributed by atoms with Crippen LogP contribution in [-0.4, -0.2) is 22.9 Å². The molecule has 0 aliphatic carbocycles. The number of nitro groups is 2. The SMILES string of the molecule is COc1c([N+](=O)[O-])cc(NC(=O)c2cccc(-c3cc4ccccc4oc3=O)c2)cc1[N+](=O)[O-]. The molecule has 0 radical (unpaired) electrons. The van der Waals surface area contributed by atoms with E-state index >= 15 is 0 Å². The van der Waals surface area contributed by atoms with E-state index in [0.717, 1.165) is 19.2 Å². The number of hydrogen-bond acceptors (Lipinski definition) is 8. The standard InChI is InChI=1S/C23H15N3O8/c1-33-21-18(25(29)30)11-16(12-19(21)26(31)32)24-22(27)15-7-4-6-13(9-15)17-10-14-5-2-3-8-20(14)34-23(17)28/h2-12H,1H3,(H,24,27). The largest absolute Gasteiger partial charge is 0.485 e. The molecule has 0 saturated carbocycles. The van der Waals surface area contributed by atoms with Crippen LogP contribution in [0.1, 0.15) is 10.4 Å². The predicted octanol–water partition coefficient (Wildman–Crippen LogP) is 4.54. The summed E-state index contributed by atoms with van der Waals surface area (Å²) in [7, 11) is 1.07. The molecule has 11 heteroatoms. The first-order valence-corrected chi connectivity index (χ1v) is 9.74. The molecule has 1 amide bonds. The number of benzene rings is 3. The van der Waals surface area contributed by atoms with E-state index in [9.17, 15) is 29.8 Å². The number of para-hydroxylation sites is 1. The summed E-state index contributed by atoms with van der Waals surface area (Å²) in [4.78, 5) is 46.3. The van der Waals surface area contributed by atoms with E-state index in [-0.39, 0.29) is 16.8 Å². The molecule has 0 aliphatic heterocycles. The quantitative estimate of drug-likeness (QED) is 0.249. The Morgan fingerprint density at radius 2 is 1.62 bits per heavy atom. The van der Waals surface area contributed by atoms with Gasteiger partial charge in [-0.2, -0.15) is 0 Å². The molecule has 34 heavy (non-hydrogen) atoms. The molecule has 0 spiro atoms. The van der Waals surface area contributed by atoms with Crippen LogP contribution in [-0.2, 0) is 0 Å². The zero-order chi connectivity index (χ0) is 24.4. The smallest absolute Gasteiger partial charge is 0.344 e. The average molecular weight is 461 g/mol. The second-order valence-electron chi connectivity index (χ2n) is 7.08. The molecule has 0 atom stereocenters. The number of nitrogens with one attached hydrogen (secondary N) is 1. The van der Waals surface area contributed by atoms with Crippen molar-refractivity contribution in [3.8, 4) is 16.9 Å². The highest BCUT2D eigenvalue weighted by Crippen LogP contribution is 2.39. The van der Waals surface area contributed by atoms with E-state index in [2.05, 4.69) is 5.32 Å². The first-order chi connectivity index (χ1) is 16.3. The van der Waals surface area contributed by atoms with E-state index in [1.54, 1.807) is 42.5 Å². The van der Waals surface area contributed by atoms with Crippen LogP contribution in [0.3, 0.4) is 0 Å². The lowest BCUT2D eigenvalue weighted by Gasteiger charge is -2.09. The summed E-state index contributed by atoms with van der Waals surface area (Å²) in [6, 6.07) is 16.6. The summed E-state index contributed by atoms with van der Waals surface area (Å²) in [5.74, 6) is -1.22. The van der Waals surface area contributed by atoms with Crippen molar-refractivity contribution in [2.45, 2.75) is 0 Å². The summed E-state index contributed by atoms with van der Waals surface area (Å²) in [6.45, 7) is 0. The summed E-state index contributed by atoms with van der Waals surface area (Å²) in [6.07, 6.45) is 0. The van der Waals surface area contributed by atoms with Crippen molar-refractivity contribution in [1.29, 1.82) is 0 Å². The highest BCUT2D eigenvalue weighted by Gasteiger charge is 2.28. The Bertz CT molecular complexity index is 1490. The number of hydrogen-bond donors (Lipinski definition) is 1. The molecule has 0 saturated heterocycles. The number of amides is 1. The van der Waals surface area contributed by atoms with Gasteiger partial charge in [0, 0.05) is 23.1 Å². The molecular formula is C23H15N3O8. The van der Waals surface area contributed by atoms with Gasteiger partial charge in [-0.1, -0.05) is 30.3 Å². The average Bonchev–Trinajstić information content (AvgIpc) is 2.83. The zero-order valence-corrected chi connectivity index (χ0v) is 17.5. The number of anilines is 1. The minimum absolute atomic E-state index is 0.117. The molecule has 0 aliphatic rings. The molecule has 4 rings (SSSR count). The van der Waals surface area contributed by atoms with Crippen LogP contribution < -0.4 is 15.7 Å². The predicted molar refractivity (Wildman–Crippen MR) is 122 cm³/mol. The first-order valence-electron chi connectivity index (χ1n) is 9.74. The maximum absolute atomic E-state index is 12.8. The van der Waals surface area contributed by atoms with Gasteiger partial charge in [-0.3, -0.25) is 25.0 Å². The lowest BCUT2D eigenvalue weighted by Crippen LogP contribution is -2.13. The third-order valence-electron chi connectivity index (χ3n) is 4.98. The highest BCUT2D eigenvalue weighted by molar-refractivity contribution is 6.05. The van der Waals surface area contributed by atoms with Crippen LogP contribution in [0.25, 0.3) is 22.1 Å². The molecule has 4 aromatic rings. The van der Waals surface area contributed by atoms with Crippen molar-refractivity contribution in [3.05, 3.63) is 103 Å². The number of methoxy groups -OCH3 is 1.